The minimum Gasteiger partial charge on any atom is -0.477 e. The molecule has 1 amide bonds. The highest BCUT2D eigenvalue weighted by Crippen LogP contribution is 2.22. The first-order valence-electron chi connectivity index (χ1n) is 7.50. The maximum absolute atomic E-state index is 12.3. The summed E-state index contributed by atoms with van der Waals surface area (Å²) in [6.07, 6.45) is 4.95. The zero-order valence-corrected chi connectivity index (χ0v) is 12.0. The number of carbonyl (C=O) groups excluding carboxylic acids is 1. The number of aryl methyl sites for hydroxylation is 1. The number of fused-ring (bicyclic) bond motifs is 1. The van der Waals surface area contributed by atoms with Crippen LogP contribution in [0, 0.1) is 0 Å². The van der Waals surface area contributed by atoms with E-state index in [9.17, 15) is 4.79 Å². The van der Waals surface area contributed by atoms with Crippen LogP contribution in [0.5, 0.6) is 5.88 Å². The molecule has 2 aliphatic heterocycles. The van der Waals surface area contributed by atoms with Gasteiger partial charge in [-0.2, -0.15) is 5.10 Å². The van der Waals surface area contributed by atoms with Gasteiger partial charge in [0.1, 0.15) is 5.56 Å². The van der Waals surface area contributed by atoms with E-state index < -0.39 is 0 Å². The first-order chi connectivity index (χ1) is 9.79. The van der Waals surface area contributed by atoms with Gasteiger partial charge in [0, 0.05) is 25.6 Å². The third-order valence-corrected chi connectivity index (χ3v) is 4.19. The average molecular weight is 278 g/mol. The Balaban J connectivity index is 1.61. The molecule has 2 aliphatic rings. The van der Waals surface area contributed by atoms with Gasteiger partial charge in [-0.1, -0.05) is 6.92 Å². The number of likely N-dealkylation sites (N-methyl/N-ethyl adjacent to an activating group) is 1. The normalized spacial score (nSPS) is 22.4. The zero-order valence-electron chi connectivity index (χ0n) is 12.0. The van der Waals surface area contributed by atoms with Crippen molar-refractivity contribution in [1.82, 2.24) is 20.0 Å². The van der Waals surface area contributed by atoms with Gasteiger partial charge < -0.3 is 10.1 Å². The molecule has 3 heterocycles. The van der Waals surface area contributed by atoms with E-state index in [-0.39, 0.29) is 5.91 Å². The maximum atomic E-state index is 12.3. The molecule has 6 nitrogen and oxygen atoms in total. The second kappa shape index (κ2) is 5.83. The van der Waals surface area contributed by atoms with Crippen molar-refractivity contribution in [2.24, 2.45) is 0 Å². The van der Waals surface area contributed by atoms with Crippen molar-refractivity contribution in [2.45, 2.75) is 38.8 Å². The number of amides is 1. The summed E-state index contributed by atoms with van der Waals surface area (Å²) in [6, 6.07) is 0.469. The minimum atomic E-state index is -0.0731. The smallest absolute Gasteiger partial charge is 0.258 e. The van der Waals surface area contributed by atoms with Crippen LogP contribution in [0.1, 0.15) is 36.5 Å². The number of aromatic nitrogens is 2. The molecule has 0 spiro atoms. The fourth-order valence-electron chi connectivity index (χ4n) is 3.07. The van der Waals surface area contributed by atoms with Crippen LogP contribution in [0.3, 0.4) is 0 Å². The summed E-state index contributed by atoms with van der Waals surface area (Å²) in [6.45, 7) is 6.56. The average Bonchev–Trinajstić information content (AvgIpc) is 3.11. The van der Waals surface area contributed by atoms with E-state index in [0.717, 1.165) is 32.5 Å². The topological polar surface area (TPSA) is 59.4 Å². The molecule has 0 radical (unpaired) electrons. The molecule has 0 aromatic carbocycles. The molecule has 3 rings (SSSR count). The second-order valence-electron chi connectivity index (χ2n) is 5.42. The summed E-state index contributed by atoms with van der Waals surface area (Å²) < 4.78 is 7.33. The molecule has 1 N–H and O–H groups in total. The Morgan fingerprint density at radius 2 is 2.40 bits per heavy atom. The zero-order chi connectivity index (χ0) is 13.9. The fourth-order valence-corrected chi connectivity index (χ4v) is 3.07. The number of ether oxygens (including phenoxy) is 1. The van der Waals surface area contributed by atoms with E-state index in [2.05, 4.69) is 22.2 Å². The van der Waals surface area contributed by atoms with Gasteiger partial charge in [-0.3, -0.25) is 9.69 Å². The highest BCUT2D eigenvalue weighted by molar-refractivity contribution is 5.96. The molecule has 110 valence electrons. The van der Waals surface area contributed by atoms with Crippen molar-refractivity contribution in [3.05, 3.63) is 11.8 Å². The van der Waals surface area contributed by atoms with Crippen LogP contribution >= 0.6 is 0 Å². The molecule has 0 unspecified atom stereocenters. The lowest BCUT2D eigenvalue weighted by atomic mass is 10.2. The molecule has 0 saturated carbocycles. The molecule has 6 heteroatoms. The van der Waals surface area contributed by atoms with Crippen molar-refractivity contribution in [1.29, 1.82) is 0 Å². The van der Waals surface area contributed by atoms with E-state index in [1.54, 1.807) is 10.9 Å². The first kappa shape index (κ1) is 13.4. The van der Waals surface area contributed by atoms with Gasteiger partial charge in [0.25, 0.3) is 5.91 Å². The van der Waals surface area contributed by atoms with Crippen LogP contribution in [0.25, 0.3) is 0 Å². The monoisotopic (exact) mass is 278 g/mol. The first-order valence-corrected chi connectivity index (χ1v) is 7.50. The number of hydrogen-bond acceptors (Lipinski definition) is 4. The van der Waals surface area contributed by atoms with E-state index in [1.165, 1.54) is 6.42 Å². The lowest BCUT2D eigenvalue weighted by Gasteiger charge is -2.23. The Kier molecular flexibility index (Phi) is 3.91. The van der Waals surface area contributed by atoms with Crippen molar-refractivity contribution in [3.8, 4) is 5.88 Å². The summed E-state index contributed by atoms with van der Waals surface area (Å²) >= 11 is 0. The molecule has 1 saturated heterocycles. The largest absolute Gasteiger partial charge is 0.477 e. The summed E-state index contributed by atoms with van der Waals surface area (Å²) in [4.78, 5) is 14.7. The highest BCUT2D eigenvalue weighted by atomic mass is 16.5. The van der Waals surface area contributed by atoms with E-state index in [0.29, 0.717) is 30.6 Å². The van der Waals surface area contributed by atoms with Crippen molar-refractivity contribution < 1.29 is 9.53 Å². The molecule has 0 bridgehead atoms. The predicted octanol–water partition coefficient (Wildman–Crippen LogP) is 0.880. The fraction of sp³-hybridized carbons (Fsp3) is 0.714. The van der Waals surface area contributed by atoms with Crippen molar-refractivity contribution in [2.75, 3.05) is 26.2 Å². The van der Waals surface area contributed by atoms with Crippen LogP contribution in [0.15, 0.2) is 6.20 Å². The lowest BCUT2D eigenvalue weighted by molar-refractivity contribution is 0.0935. The van der Waals surface area contributed by atoms with Gasteiger partial charge in [-0.25, -0.2) is 4.68 Å². The summed E-state index contributed by atoms with van der Waals surface area (Å²) in [5.41, 5.74) is 0.561. The highest BCUT2D eigenvalue weighted by Gasteiger charge is 2.25. The summed E-state index contributed by atoms with van der Waals surface area (Å²) in [5, 5.41) is 7.24. The third-order valence-electron chi connectivity index (χ3n) is 4.19. The van der Waals surface area contributed by atoms with Crippen LogP contribution in [-0.4, -0.2) is 52.9 Å². The van der Waals surface area contributed by atoms with Crippen LogP contribution in [0.4, 0.5) is 0 Å². The predicted molar refractivity (Wildman–Crippen MR) is 74.9 cm³/mol. The van der Waals surface area contributed by atoms with E-state index in [1.807, 2.05) is 0 Å². The van der Waals surface area contributed by atoms with Gasteiger partial charge in [0.15, 0.2) is 0 Å². The Hall–Kier alpha value is -1.56. The summed E-state index contributed by atoms with van der Waals surface area (Å²) in [7, 11) is 0. The maximum Gasteiger partial charge on any atom is 0.258 e. The lowest BCUT2D eigenvalue weighted by Crippen LogP contribution is -2.40. The SMILES string of the molecule is CCN1CCC[C@H]1CNC(=O)c1cnn2c1OCCC2. The third kappa shape index (κ3) is 2.52. The number of hydrogen-bond donors (Lipinski definition) is 1. The standard InChI is InChI=1S/C14H22N4O2/c1-2-17-6-3-5-11(17)9-15-13(19)12-10-16-18-7-4-8-20-14(12)18/h10-11H,2-9H2,1H3,(H,15,19)/t11-/m0/s1. The Morgan fingerprint density at radius 1 is 1.50 bits per heavy atom. The van der Waals surface area contributed by atoms with Crippen LogP contribution in [0.2, 0.25) is 0 Å². The molecular weight excluding hydrogens is 256 g/mol. The van der Waals surface area contributed by atoms with E-state index in [4.69, 9.17) is 4.74 Å². The molecule has 0 aliphatic carbocycles. The van der Waals surface area contributed by atoms with E-state index >= 15 is 0 Å². The molecule has 1 aromatic rings. The molecule has 20 heavy (non-hydrogen) atoms. The van der Waals surface area contributed by atoms with Crippen molar-refractivity contribution in [3.63, 3.8) is 0 Å². The number of nitrogens with one attached hydrogen (secondary N) is 1. The van der Waals surface area contributed by atoms with Gasteiger partial charge in [0.2, 0.25) is 5.88 Å². The molecule has 1 fully saturated rings. The molecule has 1 aromatic heterocycles. The Morgan fingerprint density at radius 3 is 3.25 bits per heavy atom. The number of carbonyl (C=O) groups is 1. The second-order valence-corrected chi connectivity index (χ2v) is 5.42. The molecular formula is C14H22N4O2. The van der Waals surface area contributed by atoms with Crippen molar-refractivity contribution >= 4 is 5.91 Å². The van der Waals surface area contributed by atoms with Gasteiger partial charge in [0.05, 0.1) is 12.8 Å². The Labute approximate surface area is 119 Å². The van der Waals surface area contributed by atoms with Crippen LogP contribution in [-0.2, 0) is 6.54 Å². The number of nitrogens with zero attached hydrogens (tertiary/aromatic N) is 3. The summed E-state index contributed by atoms with van der Waals surface area (Å²) in [5.74, 6) is 0.545. The Bertz CT molecular complexity index is 486. The minimum absolute atomic E-state index is 0.0731. The number of likely N-dealkylation sites (tertiary alicyclic amines) is 1. The molecule has 1 atom stereocenters. The van der Waals surface area contributed by atoms with Gasteiger partial charge in [-0.15, -0.1) is 0 Å². The number of rotatable bonds is 4. The van der Waals surface area contributed by atoms with Gasteiger partial charge in [-0.05, 0) is 25.9 Å². The van der Waals surface area contributed by atoms with Crippen LogP contribution < -0.4 is 10.1 Å². The van der Waals surface area contributed by atoms with Gasteiger partial charge >= 0.3 is 0 Å². The quantitative estimate of drug-likeness (QED) is 0.888.